The summed E-state index contributed by atoms with van der Waals surface area (Å²) in [7, 11) is -1.75. The predicted molar refractivity (Wildman–Crippen MR) is 90.2 cm³/mol. The summed E-state index contributed by atoms with van der Waals surface area (Å²) in [5, 5.41) is 19.7. The maximum atomic E-state index is 9.79. The van der Waals surface area contributed by atoms with Gasteiger partial charge in [-0.05, 0) is 0 Å². The van der Waals surface area contributed by atoms with E-state index in [1.807, 2.05) is 0 Å². The molecule has 0 saturated heterocycles. The predicted octanol–water partition coefficient (Wildman–Crippen LogP) is 3.88. The quantitative estimate of drug-likeness (QED) is 0.772. The Morgan fingerprint density at radius 3 is 1.32 bits per heavy atom. The molecule has 2 N–H and O–H groups in total. The van der Waals surface area contributed by atoms with Gasteiger partial charge in [0.15, 0.2) is 0 Å². The summed E-state index contributed by atoms with van der Waals surface area (Å²) in [5.74, 6) is 0. The molecule has 0 heterocycles. The number of aliphatic hydroxyl groups is 2. The Labute approximate surface area is 121 Å². The van der Waals surface area contributed by atoms with Gasteiger partial charge in [-0.1, -0.05) is 0 Å². The van der Waals surface area contributed by atoms with Gasteiger partial charge in [-0.2, -0.15) is 0 Å². The van der Waals surface area contributed by atoms with Gasteiger partial charge in [0.05, 0.1) is 0 Å². The topological polar surface area (TPSA) is 40.5 Å². The Morgan fingerprint density at radius 1 is 0.789 bits per heavy atom. The fraction of sp³-hybridized carbons (Fsp3) is 1.00. The molecule has 0 saturated carbocycles. The van der Waals surface area contributed by atoms with E-state index in [0.29, 0.717) is 6.42 Å². The molecule has 0 bridgehead atoms. The van der Waals surface area contributed by atoms with E-state index >= 15 is 0 Å². The third-order valence-corrected chi connectivity index (χ3v) is 13.6. The summed E-state index contributed by atoms with van der Waals surface area (Å²) < 4.78 is 0. The molecule has 0 aliphatic heterocycles. The van der Waals surface area contributed by atoms with Crippen LogP contribution < -0.4 is 0 Å². The molecule has 0 aromatic rings. The van der Waals surface area contributed by atoms with Gasteiger partial charge in [0.1, 0.15) is 0 Å². The molecule has 0 fully saturated rings. The van der Waals surface area contributed by atoms with Gasteiger partial charge in [0.25, 0.3) is 0 Å². The molecule has 0 aromatic carbocycles. The maximum absolute atomic E-state index is 9.79. The van der Waals surface area contributed by atoms with Crippen LogP contribution in [0.3, 0.4) is 0 Å². The van der Waals surface area contributed by atoms with E-state index in [-0.39, 0.29) is 22.1 Å². The van der Waals surface area contributed by atoms with Gasteiger partial charge >= 0.3 is 121 Å². The van der Waals surface area contributed by atoms with Gasteiger partial charge in [-0.15, -0.1) is 0 Å². The van der Waals surface area contributed by atoms with Gasteiger partial charge in [-0.3, -0.25) is 0 Å². The molecule has 0 aromatic heterocycles. The third kappa shape index (κ3) is 3.93. The number of hydrogen-bond acceptors (Lipinski definition) is 2. The van der Waals surface area contributed by atoms with Crippen molar-refractivity contribution < 1.29 is 10.2 Å². The fourth-order valence-electron chi connectivity index (χ4n) is 4.97. The second kappa shape index (κ2) is 6.00. The zero-order valence-corrected chi connectivity index (χ0v) is 15.6. The SMILES string of the molecule is CC(C)(C)[PH](CCC(O)CO)(C(C)(C)C)C(C)(C)C. The van der Waals surface area contributed by atoms with Crippen LogP contribution in [0.5, 0.6) is 0 Å². The molecule has 118 valence electrons. The van der Waals surface area contributed by atoms with Crippen molar-refractivity contribution in [3.8, 4) is 0 Å². The zero-order valence-electron chi connectivity index (χ0n) is 14.6. The Morgan fingerprint density at radius 2 is 1.11 bits per heavy atom. The molecule has 0 rings (SSSR count). The first-order valence-corrected chi connectivity index (χ1v) is 9.70. The van der Waals surface area contributed by atoms with Gasteiger partial charge in [0.2, 0.25) is 0 Å². The van der Waals surface area contributed by atoms with Crippen LogP contribution in [0.25, 0.3) is 0 Å². The van der Waals surface area contributed by atoms with Crippen LogP contribution in [0, 0.1) is 0 Å². The second-order valence-corrected chi connectivity index (χ2v) is 15.8. The van der Waals surface area contributed by atoms with Crippen molar-refractivity contribution in [3.63, 3.8) is 0 Å². The van der Waals surface area contributed by atoms with Crippen LogP contribution >= 0.6 is 7.26 Å². The third-order valence-electron chi connectivity index (χ3n) is 4.90. The van der Waals surface area contributed by atoms with E-state index in [0.717, 1.165) is 6.16 Å². The van der Waals surface area contributed by atoms with Crippen molar-refractivity contribution in [2.45, 2.75) is 90.3 Å². The molecule has 0 aliphatic carbocycles. The van der Waals surface area contributed by atoms with E-state index in [4.69, 9.17) is 5.11 Å². The molecule has 3 heteroatoms. The molecular formula is C16H37O2P. The van der Waals surface area contributed by atoms with E-state index in [9.17, 15) is 5.11 Å². The normalized spacial score (nSPS) is 17.4. The Kier molecular flexibility index (Phi) is 6.11. The van der Waals surface area contributed by atoms with E-state index in [1.54, 1.807) is 0 Å². The molecule has 0 radical (unpaired) electrons. The van der Waals surface area contributed by atoms with Crippen LogP contribution in [0.2, 0.25) is 0 Å². The summed E-state index contributed by atoms with van der Waals surface area (Å²) in [6, 6.07) is 0. The van der Waals surface area contributed by atoms with Gasteiger partial charge < -0.3 is 0 Å². The molecule has 0 amide bonds. The van der Waals surface area contributed by atoms with Crippen LogP contribution in [-0.4, -0.2) is 44.6 Å². The molecule has 0 spiro atoms. The van der Waals surface area contributed by atoms with Crippen molar-refractivity contribution in [2.75, 3.05) is 12.8 Å². The standard InChI is InChI=1S/C16H37O2P/c1-14(2,3)19(15(4,5)6,16(7,8)9)11-10-13(18)12-17/h13,17-19H,10-12H2,1-9H3. The Bertz CT molecular complexity index is 243. The molecule has 19 heavy (non-hydrogen) atoms. The summed E-state index contributed by atoms with van der Waals surface area (Å²) in [6.07, 6.45) is 1.21. The first-order valence-electron chi connectivity index (χ1n) is 7.49. The van der Waals surface area contributed by atoms with Crippen molar-refractivity contribution in [1.29, 1.82) is 0 Å². The summed E-state index contributed by atoms with van der Waals surface area (Å²) in [4.78, 5) is 0. The molecule has 1 unspecified atom stereocenters. The van der Waals surface area contributed by atoms with Crippen LogP contribution in [0.1, 0.15) is 68.7 Å². The first-order chi connectivity index (χ1) is 8.20. The van der Waals surface area contributed by atoms with Gasteiger partial charge in [-0.25, -0.2) is 0 Å². The molecule has 0 aliphatic rings. The van der Waals surface area contributed by atoms with Crippen LogP contribution in [0.4, 0.5) is 0 Å². The van der Waals surface area contributed by atoms with Crippen molar-refractivity contribution in [2.24, 2.45) is 0 Å². The van der Waals surface area contributed by atoms with Crippen molar-refractivity contribution in [1.82, 2.24) is 0 Å². The monoisotopic (exact) mass is 292 g/mol. The van der Waals surface area contributed by atoms with Crippen molar-refractivity contribution >= 4 is 7.26 Å². The summed E-state index contributed by atoms with van der Waals surface area (Å²) >= 11 is 0. The van der Waals surface area contributed by atoms with Crippen molar-refractivity contribution in [3.05, 3.63) is 0 Å². The number of hydrogen-bond donors (Lipinski definition) is 2. The first kappa shape index (κ1) is 19.4. The molecule has 1 atom stereocenters. The molecule has 2 nitrogen and oxygen atoms in total. The van der Waals surface area contributed by atoms with Gasteiger partial charge in [0, 0.05) is 0 Å². The number of aliphatic hydroxyl groups excluding tert-OH is 2. The zero-order chi connectivity index (χ0) is 15.7. The minimum atomic E-state index is -1.75. The van der Waals surface area contributed by atoms with E-state index in [1.165, 1.54) is 0 Å². The minimum absolute atomic E-state index is 0.122. The molecular weight excluding hydrogens is 255 g/mol. The second-order valence-electron chi connectivity index (χ2n) is 9.03. The summed E-state index contributed by atoms with van der Waals surface area (Å²) in [6.45, 7) is 21.1. The average Bonchev–Trinajstić information content (AvgIpc) is 2.11. The van der Waals surface area contributed by atoms with E-state index < -0.39 is 13.4 Å². The Balaban J connectivity index is 5.69. The Hall–Kier alpha value is 0.350. The fourth-order valence-corrected chi connectivity index (χ4v) is 14.7. The van der Waals surface area contributed by atoms with Crippen LogP contribution in [0.15, 0.2) is 0 Å². The van der Waals surface area contributed by atoms with E-state index in [2.05, 4.69) is 62.3 Å². The summed E-state index contributed by atoms with van der Waals surface area (Å²) in [5.41, 5.74) is 0. The average molecular weight is 292 g/mol. The number of rotatable bonds is 4. The van der Waals surface area contributed by atoms with Crippen LogP contribution in [-0.2, 0) is 0 Å².